The Labute approximate surface area is 185 Å². The number of amides is 2. The minimum absolute atomic E-state index is 0.168. The number of pyridine rings is 2. The van der Waals surface area contributed by atoms with Crippen molar-refractivity contribution in [3.63, 3.8) is 0 Å². The first kappa shape index (κ1) is 21.5. The fraction of sp³-hybridized carbons (Fsp3) is 0.409. The highest BCUT2D eigenvalue weighted by Crippen LogP contribution is 2.28. The number of carbonyl (C=O) groups is 2. The van der Waals surface area contributed by atoms with Crippen LogP contribution in [0.25, 0.3) is 16.8 Å². The van der Waals surface area contributed by atoms with Crippen LogP contribution in [0.15, 0.2) is 36.7 Å². The van der Waals surface area contributed by atoms with Gasteiger partial charge in [-0.25, -0.2) is 14.3 Å². The number of aromatic nitrogens is 4. The van der Waals surface area contributed by atoms with Gasteiger partial charge in [-0.15, -0.1) is 5.10 Å². The van der Waals surface area contributed by atoms with E-state index in [-0.39, 0.29) is 11.9 Å². The molecule has 1 aliphatic rings. The summed E-state index contributed by atoms with van der Waals surface area (Å²) in [5, 5.41) is 7.11. The van der Waals surface area contributed by atoms with Crippen LogP contribution in [0.3, 0.4) is 0 Å². The summed E-state index contributed by atoms with van der Waals surface area (Å²) in [7, 11) is 1.57. The molecule has 168 valence electrons. The van der Waals surface area contributed by atoms with E-state index in [4.69, 9.17) is 9.47 Å². The highest BCUT2D eigenvalue weighted by Gasteiger charge is 2.37. The van der Waals surface area contributed by atoms with Crippen molar-refractivity contribution in [2.75, 3.05) is 19.0 Å². The molecule has 1 aliphatic heterocycles. The molecule has 3 aromatic rings. The fourth-order valence-corrected chi connectivity index (χ4v) is 3.64. The Balaban J connectivity index is 1.52. The van der Waals surface area contributed by atoms with Gasteiger partial charge in [0.2, 0.25) is 17.7 Å². The van der Waals surface area contributed by atoms with Gasteiger partial charge in [-0.2, -0.15) is 4.98 Å². The lowest BCUT2D eigenvalue weighted by atomic mass is 10.1. The van der Waals surface area contributed by atoms with Gasteiger partial charge < -0.3 is 9.47 Å². The van der Waals surface area contributed by atoms with E-state index in [0.29, 0.717) is 24.5 Å². The third-order valence-electron chi connectivity index (χ3n) is 5.02. The predicted octanol–water partition coefficient (Wildman–Crippen LogP) is 3.14. The van der Waals surface area contributed by atoms with E-state index in [1.165, 1.54) is 4.90 Å². The summed E-state index contributed by atoms with van der Waals surface area (Å²) in [6.45, 7) is 5.87. The first-order valence-corrected chi connectivity index (χ1v) is 10.4. The van der Waals surface area contributed by atoms with Crippen molar-refractivity contribution in [3.05, 3.63) is 36.7 Å². The Morgan fingerprint density at radius 3 is 2.78 bits per heavy atom. The van der Waals surface area contributed by atoms with E-state index < -0.39 is 17.7 Å². The lowest BCUT2D eigenvalue weighted by Crippen LogP contribution is -2.45. The quantitative estimate of drug-likeness (QED) is 0.666. The van der Waals surface area contributed by atoms with E-state index in [2.05, 4.69) is 20.4 Å². The predicted molar refractivity (Wildman–Crippen MR) is 117 cm³/mol. The average molecular weight is 438 g/mol. The molecule has 1 fully saturated rings. The normalized spacial score (nSPS) is 16.2. The Morgan fingerprint density at radius 2 is 2.03 bits per heavy atom. The van der Waals surface area contributed by atoms with Crippen molar-refractivity contribution >= 4 is 23.6 Å². The Hall–Kier alpha value is -3.69. The van der Waals surface area contributed by atoms with Crippen LogP contribution in [-0.4, -0.2) is 61.8 Å². The molecular formula is C22H26N6O4. The van der Waals surface area contributed by atoms with E-state index in [0.717, 1.165) is 17.5 Å². The second-order valence-corrected chi connectivity index (χ2v) is 8.54. The molecule has 10 nitrogen and oxygen atoms in total. The van der Waals surface area contributed by atoms with E-state index in [1.807, 2.05) is 18.2 Å². The molecule has 1 saturated heterocycles. The highest BCUT2D eigenvalue weighted by molar-refractivity contribution is 5.95. The van der Waals surface area contributed by atoms with Gasteiger partial charge in [-0.05, 0) is 57.9 Å². The summed E-state index contributed by atoms with van der Waals surface area (Å²) in [6, 6.07) is 6.79. The van der Waals surface area contributed by atoms with Crippen LogP contribution in [0, 0.1) is 0 Å². The monoisotopic (exact) mass is 438 g/mol. The molecule has 2 amide bonds. The number of hydrogen-bond donors (Lipinski definition) is 1. The molecule has 32 heavy (non-hydrogen) atoms. The average Bonchev–Trinajstić information content (AvgIpc) is 3.38. The third-order valence-corrected chi connectivity index (χ3v) is 5.02. The van der Waals surface area contributed by atoms with Gasteiger partial charge in [-0.1, -0.05) is 0 Å². The lowest BCUT2D eigenvalue weighted by Gasteiger charge is -2.27. The second-order valence-electron chi connectivity index (χ2n) is 8.54. The zero-order valence-corrected chi connectivity index (χ0v) is 18.5. The van der Waals surface area contributed by atoms with Gasteiger partial charge in [0.15, 0.2) is 5.65 Å². The number of hydrogen-bond acceptors (Lipinski definition) is 7. The van der Waals surface area contributed by atoms with Gasteiger partial charge in [-0.3, -0.25) is 15.0 Å². The number of anilines is 1. The molecule has 0 spiro atoms. The van der Waals surface area contributed by atoms with Crippen LogP contribution in [0.4, 0.5) is 10.7 Å². The molecule has 0 aliphatic carbocycles. The van der Waals surface area contributed by atoms with Crippen molar-refractivity contribution < 1.29 is 19.1 Å². The second kappa shape index (κ2) is 8.45. The van der Waals surface area contributed by atoms with Crippen LogP contribution >= 0.6 is 0 Å². The first-order chi connectivity index (χ1) is 15.2. The first-order valence-electron chi connectivity index (χ1n) is 10.4. The number of likely N-dealkylation sites (tertiary alicyclic amines) is 1. The number of fused-ring (bicyclic) bond motifs is 1. The van der Waals surface area contributed by atoms with Crippen molar-refractivity contribution in [3.8, 4) is 17.0 Å². The maximum atomic E-state index is 12.9. The van der Waals surface area contributed by atoms with Gasteiger partial charge in [0.1, 0.15) is 11.6 Å². The topological polar surface area (TPSA) is 111 Å². The van der Waals surface area contributed by atoms with Crippen molar-refractivity contribution in [2.45, 2.75) is 45.3 Å². The summed E-state index contributed by atoms with van der Waals surface area (Å²) < 4.78 is 12.3. The van der Waals surface area contributed by atoms with E-state index in [9.17, 15) is 9.59 Å². The van der Waals surface area contributed by atoms with E-state index >= 15 is 0 Å². The molecule has 10 heteroatoms. The lowest BCUT2D eigenvalue weighted by molar-refractivity contribution is -0.120. The van der Waals surface area contributed by atoms with Gasteiger partial charge in [0, 0.05) is 30.1 Å². The molecule has 4 rings (SSSR count). The molecule has 1 N–H and O–H groups in total. The zero-order valence-electron chi connectivity index (χ0n) is 18.5. The van der Waals surface area contributed by atoms with Crippen LogP contribution in [-0.2, 0) is 9.53 Å². The molecule has 0 aromatic carbocycles. The van der Waals surface area contributed by atoms with Crippen LogP contribution in [0.5, 0.6) is 5.88 Å². The summed E-state index contributed by atoms with van der Waals surface area (Å²) >= 11 is 0. The molecular weight excluding hydrogens is 412 g/mol. The molecule has 0 saturated carbocycles. The largest absolute Gasteiger partial charge is 0.481 e. The Bertz CT molecular complexity index is 1150. The number of methoxy groups -OCH3 is 1. The summed E-state index contributed by atoms with van der Waals surface area (Å²) in [4.78, 5) is 35.4. The number of rotatable bonds is 4. The minimum Gasteiger partial charge on any atom is -0.481 e. The Kier molecular flexibility index (Phi) is 5.68. The smallest absolute Gasteiger partial charge is 0.410 e. The number of nitrogens with one attached hydrogen (secondary N) is 1. The molecule has 3 aromatic heterocycles. The molecule has 0 bridgehead atoms. The van der Waals surface area contributed by atoms with Crippen LogP contribution < -0.4 is 10.1 Å². The zero-order chi connectivity index (χ0) is 22.9. The number of carbonyl (C=O) groups excluding carboxylic acids is 2. The van der Waals surface area contributed by atoms with Crippen LogP contribution in [0.2, 0.25) is 0 Å². The number of ether oxygens (including phenoxy) is 2. The summed E-state index contributed by atoms with van der Waals surface area (Å²) in [6.07, 6.45) is 4.25. The number of nitrogens with zero attached hydrogens (tertiary/aromatic N) is 5. The third kappa shape index (κ3) is 4.48. The van der Waals surface area contributed by atoms with Gasteiger partial charge in [0.25, 0.3) is 0 Å². The molecule has 0 unspecified atom stereocenters. The fourth-order valence-electron chi connectivity index (χ4n) is 3.64. The highest BCUT2D eigenvalue weighted by atomic mass is 16.6. The molecule has 4 heterocycles. The van der Waals surface area contributed by atoms with Gasteiger partial charge >= 0.3 is 6.09 Å². The van der Waals surface area contributed by atoms with Crippen molar-refractivity contribution in [2.24, 2.45) is 0 Å². The Morgan fingerprint density at radius 1 is 1.22 bits per heavy atom. The van der Waals surface area contributed by atoms with Gasteiger partial charge in [0.05, 0.1) is 7.11 Å². The van der Waals surface area contributed by atoms with Crippen LogP contribution in [0.1, 0.15) is 33.6 Å². The van der Waals surface area contributed by atoms with Crippen molar-refractivity contribution in [1.29, 1.82) is 0 Å². The van der Waals surface area contributed by atoms with Crippen molar-refractivity contribution in [1.82, 2.24) is 24.5 Å². The minimum atomic E-state index is -0.626. The molecule has 0 radical (unpaired) electrons. The standard InChI is InChI=1S/C22H26N6O4/c1-22(2,3)32-21(30)27-12-6-8-16(27)18(29)25-20-24-17-10-9-14(13-28(17)26-20)15-7-5-11-23-19(15)31-4/h5,7,9-11,13,16H,6,8,12H2,1-4H3,(H,25,26,29)/t16-/m1/s1. The summed E-state index contributed by atoms with van der Waals surface area (Å²) in [5.74, 6) is 0.337. The molecule has 1 atom stereocenters. The SMILES string of the molecule is COc1ncccc1-c1ccc2nc(NC(=O)[C@H]3CCCN3C(=O)OC(C)(C)C)nn2c1. The maximum absolute atomic E-state index is 12.9. The maximum Gasteiger partial charge on any atom is 0.410 e. The summed E-state index contributed by atoms with van der Waals surface area (Å²) in [5.41, 5.74) is 1.61. The van der Waals surface area contributed by atoms with E-state index in [1.54, 1.807) is 50.9 Å².